The van der Waals surface area contributed by atoms with E-state index in [1.54, 1.807) is 45.0 Å². The highest BCUT2D eigenvalue weighted by molar-refractivity contribution is 5.81. The fraction of sp³-hybridized carbons (Fsp3) is 0.462. The van der Waals surface area contributed by atoms with Crippen LogP contribution in [0.25, 0.3) is 0 Å². The van der Waals surface area contributed by atoms with Crippen molar-refractivity contribution >= 4 is 12.0 Å². The standard InChI is InChI=1S/C26H37N3O5/c1-25(2,3)23(30)28-19-26(32,33)22(18-21-15-8-5-9-16-21)29(27)24(31)34-17-11-10-14-20-12-6-4-7-13-20/h4-9,12-13,15-16,22,32-33H,10-11,14,17-19,27H2,1-3H3,(H,28,30). The number of aliphatic hydroxyl groups is 2. The van der Waals surface area contributed by atoms with Crippen LogP contribution in [0.4, 0.5) is 4.79 Å². The summed E-state index contributed by atoms with van der Waals surface area (Å²) in [6.07, 6.45) is 1.53. The second kappa shape index (κ2) is 12.5. The fourth-order valence-electron chi connectivity index (χ4n) is 3.35. The van der Waals surface area contributed by atoms with Gasteiger partial charge in [0, 0.05) is 5.41 Å². The zero-order valence-corrected chi connectivity index (χ0v) is 20.2. The molecule has 0 aromatic heterocycles. The largest absolute Gasteiger partial charge is 0.448 e. The third kappa shape index (κ3) is 8.78. The van der Waals surface area contributed by atoms with E-state index in [4.69, 9.17) is 10.6 Å². The summed E-state index contributed by atoms with van der Waals surface area (Å²) in [4.78, 5) is 24.9. The van der Waals surface area contributed by atoms with Crippen LogP contribution in [0.15, 0.2) is 60.7 Å². The van der Waals surface area contributed by atoms with E-state index in [1.807, 2.05) is 36.4 Å². The maximum atomic E-state index is 12.6. The highest BCUT2D eigenvalue weighted by Gasteiger charge is 2.41. The lowest BCUT2D eigenvalue weighted by Crippen LogP contribution is -2.63. The molecular weight excluding hydrogens is 434 g/mol. The lowest BCUT2D eigenvalue weighted by Gasteiger charge is -2.37. The number of hydrogen-bond donors (Lipinski definition) is 4. The molecule has 8 heteroatoms. The summed E-state index contributed by atoms with van der Waals surface area (Å²) >= 11 is 0. The van der Waals surface area contributed by atoms with Crippen molar-refractivity contribution in [3.05, 3.63) is 71.8 Å². The number of nitrogens with one attached hydrogen (secondary N) is 1. The van der Waals surface area contributed by atoms with Gasteiger partial charge < -0.3 is 20.3 Å². The van der Waals surface area contributed by atoms with E-state index in [0.717, 1.165) is 18.4 Å². The second-order valence-corrected chi connectivity index (χ2v) is 9.48. The molecule has 186 valence electrons. The van der Waals surface area contributed by atoms with Crippen molar-refractivity contribution in [1.82, 2.24) is 10.3 Å². The predicted molar refractivity (Wildman–Crippen MR) is 130 cm³/mol. The number of hydrogen-bond acceptors (Lipinski definition) is 6. The SMILES string of the molecule is CC(C)(C)C(=O)NCC(O)(O)C(Cc1ccccc1)N(N)C(=O)OCCCCc1ccccc1. The Labute approximate surface area is 201 Å². The van der Waals surface area contributed by atoms with Crippen molar-refractivity contribution in [2.75, 3.05) is 13.2 Å². The van der Waals surface area contributed by atoms with Gasteiger partial charge in [-0.15, -0.1) is 0 Å². The normalized spacial score (nSPS) is 12.6. The molecule has 0 fully saturated rings. The molecule has 0 aliphatic rings. The van der Waals surface area contributed by atoms with Crippen LogP contribution >= 0.6 is 0 Å². The summed E-state index contributed by atoms with van der Waals surface area (Å²) in [6.45, 7) is 4.79. The Morgan fingerprint density at radius 3 is 2.09 bits per heavy atom. The lowest BCUT2D eigenvalue weighted by atomic mass is 9.94. The number of aryl methyl sites for hydroxylation is 1. The highest BCUT2D eigenvalue weighted by Crippen LogP contribution is 2.19. The van der Waals surface area contributed by atoms with E-state index in [1.165, 1.54) is 5.56 Å². The Morgan fingerprint density at radius 1 is 0.971 bits per heavy atom. The molecule has 2 aromatic rings. The molecule has 0 radical (unpaired) electrons. The molecule has 2 aromatic carbocycles. The topological polar surface area (TPSA) is 125 Å². The van der Waals surface area contributed by atoms with Crippen LogP contribution in [0, 0.1) is 5.41 Å². The van der Waals surface area contributed by atoms with Gasteiger partial charge in [0.2, 0.25) is 11.7 Å². The second-order valence-electron chi connectivity index (χ2n) is 9.48. The molecule has 2 amide bonds. The van der Waals surface area contributed by atoms with Gasteiger partial charge in [0.15, 0.2) is 0 Å². The van der Waals surface area contributed by atoms with E-state index >= 15 is 0 Å². The Bertz CT molecular complexity index is 898. The van der Waals surface area contributed by atoms with Gasteiger partial charge in [-0.2, -0.15) is 0 Å². The van der Waals surface area contributed by atoms with Gasteiger partial charge in [-0.3, -0.25) is 4.79 Å². The third-order valence-electron chi connectivity index (χ3n) is 5.47. The van der Waals surface area contributed by atoms with E-state index < -0.39 is 29.9 Å². The van der Waals surface area contributed by atoms with Crippen molar-refractivity contribution in [2.24, 2.45) is 11.3 Å². The lowest BCUT2D eigenvalue weighted by molar-refractivity contribution is -0.200. The average Bonchev–Trinajstić information content (AvgIpc) is 2.81. The van der Waals surface area contributed by atoms with Gasteiger partial charge in [0.05, 0.1) is 13.2 Å². The zero-order valence-electron chi connectivity index (χ0n) is 20.2. The number of unbranched alkanes of at least 4 members (excludes halogenated alkanes) is 1. The number of ether oxygens (including phenoxy) is 1. The minimum Gasteiger partial charge on any atom is -0.448 e. The van der Waals surface area contributed by atoms with Crippen LogP contribution in [0.2, 0.25) is 0 Å². The van der Waals surface area contributed by atoms with Crippen molar-refractivity contribution in [3.63, 3.8) is 0 Å². The van der Waals surface area contributed by atoms with Crippen molar-refractivity contribution in [1.29, 1.82) is 0 Å². The predicted octanol–water partition coefficient (Wildman–Crippen LogP) is 2.78. The summed E-state index contributed by atoms with van der Waals surface area (Å²) in [5.74, 6) is 3.17. The summed E-state index contributed by atoms with van der Waals surface area (Å²) in [6, 6.07) is 17.8. The molecule has 1 atom stereocenters. The molecule has 0 bridgehead atoms. The monoisotopic (exact) mass is 471 g/mol. The van der Waals surface area contributed by atoms with E-state index in [-0.39, 0.29) is 18.9 Å². The first kappa shape index (κ1) is 27.3. The Hall–Kier alpha value is -2.94. The van der Waals surface area contributed by atoms with Crippen LogP contribution in [0.1, 0.15) is 44.7 Å². The van der Waals surface area contributed by atoms with Crippen LogP contribution < -0.4 is 11.2 Å². The Morgan fingerprint density at radius 2 is 1.53 bits per heavy atom. The van der Waals surface area contributed by atoms with E-state index in [9.17, 15) is 19.8 Å². The molecule has 2 rings (SSSR count). The molecule has 0 saturated carbocycles. The number of carbonyl (C=O) groups is 2. The molecule has 0 aliphatic heterocycles. The summed E-state index contributed by atoms with van der Waals surface area (Å²) in [7, 11) is 0. The first-order valence-electron chi connectivity index (χ1n) is 11.5. The third-order valence-corrected chi connectivity index (χ3v) is 5.47. The number of amides is 2. The Kier molecular flexibility index (Phi) is 10.0. The zero-order chi connectivity index (χ0) is 25.2. The summed E-state index contributed by atoms with van der Waals surface area (Å²) < 4.78 is 5.29. The van der Waals surface area contributed by atoms with Crippen molar-refractivity contribution < 1.29 is 24.5 Å². The number of benzene rings is 2. The smallest absolute Gasteiger partial charge is 0.424 e. The van der Waals surface area contributed by atoms with Crippen molar-refractivity contribution in [2.45, 2.75) is 58.3 Å². The van der Waals surface area contributed by atoms with Crippen molar-refractivity contribution in [3.8, 4) is 0 Å². The molecule has 0 spiro atoms. The number of nitrogens with zero attached hydrogens (tertiary/aromatic N) is 1. The molecule has 0 heterocycles. The van der Waals surface area contributed by atoms with E-state index in [2.05, 4.69) is 5.32 Å². The molecular formula is C26H37N3O5. The van der Waals surface area contributed by atoms with Gasteiger partial charge in [-0.1, -0.05) is 81.4 Å². The maximum absolute atomic E-state index is 12.6. The molecule has 1 unspecified atom stereocenters. The minimum atomic E-state index is -2.49. The van der Waals surface area contributed by atoms with E-state index in [0.29, 0.717) is 11.4 Å². The van der Waals surface area contributed by atoms with Gasteiger partial charge in [0.25, 0.3) is 0 Å². The summed E-state index contributed by atoms with van der Waals surface area (Å²) in [5.41, 5.74) is 1.24. The quantitative estimate of drug-likeness (QED) is 0.131. The molecule has 0 aliphatic carbocycles. The molecule has 5 N–H and O–H groups in total. The van der Waals surface area contributed by atoms with Gasteiger partial charge in [0.1, 0.15) is 6.04 Å². The minimum absolute atomic E-state index is 0.0544. The number of hydrazine groups is 1. The van der Waals surface area contributed by atoms with Crippen LogP contribution in [0.3, 0.4) is 0 Å². The molecule has 0 saturated heterocycles. The fourth-order valence-corrected chi connectivity index (χ4v) is 3.35. The van der Waals surface area contributed by atoms with Crippen LogP contribution in [-0.2, 0) is 22.4 Å². The summed E-state index contributed by atoms with van der Waals surface area (Å²) in [5, 5.41) is 24.9. The Balaban J connectivity index is 1.99. The number of rotatable bonds is 11. The average molecular weight is 472 g/mol. The molecule has 8 nitrogen and oxygen atoms in total. The highest BCUT2D eigenvalue weighted by atomic mass is 16.6. The first-order valence-corrected chi connectivity index (χ1v) is 11.5. The van der Waals surface area contributed by atoms with Gasteiger partial charge in [-0.05, 0) is 36.8 Å². The number of nitrogens with two attached hydrogens (primary N) is 1. The first-order chi connectivity index (χ1) is 16.0. The molecule has 34 heavy (non-hydrogen) atoms. The van der Waals surface area contributed by atoms with Crippen LogP contribution in [0.5, 0.6) is 0 Å². The van der Waals surface area contributed by atoms with Gasteiger partial charge >= 0.3 is 6.09 Å². The maximum Gasteiger partial charge on any atom is 0.424 e. The number of carbonyl (C=O) groups excluding carboxylic acids is 2. The van der Waals surface area contributed by atoms with Gasteiger partial charge in [-0.25, -0.2) is 15.6 Å². The van der Waals surface area contributed by atoms with Crippen LogP contribution in [-0.4, -0.2) is 52.2 Å².